The lowest BCUT2D eigenvalue weighted by Crippen LogP contribution is -2.54. The van der Waals surface area contributed by atoms with Gasteiger partial charge in [-0.05, 0) is 93.4 Å². The predicted octanol–water partition coefficient (Wildman–Crippen LogP) is 6.15. The fraction of sp³-hybridized carbons (Fsp3) is 0.548. The van der Waals surface area contributed by atoms with Crippen LogP contribution < -0.4 is 10.1 Å². The third-order valence-electron chi connectivity index (χ3n) is 8.51. The molecule has 0 radical (unpaired) electrons. The number of nitrogens with zero attached hydrogens (tertiary/aromatic N) is 3. The minimum Gasteiger partial charge on any atom is -0.492 e. The van der Waals surface area contributed by atoms with Crippen molar-refractivity contribution in [2.75, 3.05) is 52.4 Å². The molecule has 3 fully saturated rings. The maximum absolute atomic E-state index is 14.3. The average Bonchev–Trinajstić information content (AvgIpc) is 3.70. The van der Waals surface area contributed by atoms with Crippen molar-refractivity contribution in [1.82, 2.24) is 20.0 Å². The molecule has 3 aliphatic rings. The molecule has 0 aromatic heterocycles. The predicted molar refractivity (Wildman–Crippen MR) is 167 cm³/mol. The second-order valence-corrected chi connectivity index (χ2v) is 12.2. The Kier molecular flexibility index (Phi) is 12.0. The Bertz CT molecular complexity index is 1220. The van der Waals surface area contributed by atoms with Crippen LogP contribution in [0.4, 0.5) is 9.18 Å². The van der Waals surface area contributed by atoms with Gasteiger partial charge in [-0.25, -0.2) is 9.18 Å². The highest BCUT2D eigenvalue weighted by Gasteiger charge is 2.33. The van der Waals surface area contributed by atoms with Gasteiger partial charge in [0.2, 0.25) is 5.91 Å². The standard InChI is InChI=1S/C31H39Cl2FN4O3.ClH/c32-24-6-5-23(27(33)20-24)19-28(35-31(40)38-13-3-4-14-38)30(39)37-15-9-22(10-16-37)26-21-25(34)7-8-29(26)41-18-17-36-11-1-2-12-36;/h5-8,20-22,28H,1-4,9-19H2,(H,35,40);1H/t28-;/m1./s1. The maximum atomic E-state index is 14.3. The van der Waals surface area contributed by atoms with Crippen LogP contribution in [0, 0.1) is 5.82 Å². The summed E-state index contributed by atoms with van der Waals surface area (Å²) in [5, 5.41) is 3.96. The fourth-order valence-corrected chi connectivity index (χ4v) is 6.65. The second-order valence-electron chi connectivity index (χ2n) is 11.3. The van der Waals surface area contributed by atoms with E-state index < -0.39 is 6.04 Å². The third kappa shape index (κ3) is 8.43. The van der Waals surface area contributed by atoms with Gasteiger partial charge in [0.25, 0.3) is 0 Å². The van der Waals surface area contributed by atoms with Crippen molar-refractivity contribution >= 4 is 47.5 Å². The summed E-state index contributed by atoms with van der Waals surface area (Å²) in [7, 11) is 0. The van der Waals surface area contributed by atoms with E-state index in [0.717, 1.165) is 49.4 Å². The molecule has 3 heterocycles. The van der Waals surface area contributed by atoms with Crippen molar-refractivity contribution in [3.63, 3.8) is 0 Å². The fourth-order valence-electron chi connectivity index (χ4n) is 6.16. The zero-order valence-corrected chi connectivity index (χ0v) is 26.2. The molecule has 2 aromatic rings. The monoisotopic (exact) mass is 640 g/mol. The molecule has 3 aliphatic heterocycles. The molecule has 1 N–H and O–H groups in total. The Labute approximate surface area is 264 Å². The number of carbonyl (C=O) groups is 2. The quantitative estimate of drug-likeness (QED) is 0.357. The molecule has 42 heavy (non-hydrogen) atoms. The first-order valence-corrected chi connectivity index (χ1v) is 15.6. The molecule has 1 atom stereocenters. The van der Waals surface area contributed by atoms with Crippen LogP contribution in [0.15, 0.2) is 36.4 Å². The molecule has 2 aromatic carbocycles. The van der Waals surface area contributed by atoms with Crippen molar-refractivity contribution < 1.29 is 18.7 Å². The highest BCUT2D eigenvalue weighted by atomic mass is 35.5. The molecule has 0 spiro atoms. The van der Waals surface area contributed by atoms with Crippen molar-refractivity contribution in [2.45, 2.75) is 56.9 Å². The smallest absolute Gasteiger partial charge is 0.318 e. The summed E-state index contributed by atoms with van der Waals surface area (Å²) in [6.45, 7) is 6.06. The van der Waals surface area contributed by atoms with Gasteiger partial charge in [-0.2, -0.15) is 0 Å². The average molecular weight is 642 g/mol. The van der Waals surface area contributed by atoms with Crippen LogP contribution >= 0.6 is 35.6 Å². The summed E-state index contributed by atoms with van der Waals surface area (Å²) in [6, 6.07) is 8.96. The summed E-state index contributed by atoms with van der Waals surface area (Å²) in [5.41, 5.74) is 1.62. The Hall–Kier alpha value is -2.26. The van der Waals surface area contributed by atoms with Gasteiger partial charge in [0.05, 0.1) is 0 Å². The van der Waals surface area contributed by atoms with Gasteiger partial charge in [0.15, 0.2) is 0 Å². The van der Waals surface area contributed by atoms with Crippen LogP contribution in [-0.4, -0.2) is 85.1 Å². The van der Waals surface area contributed by atoms with E-state index in [1.165, 1.54) is 18.9 Å². The SMILES string of the molecule is Cl.O=C(N[C@H](Cc1ccc(Cl)cc1Cl)C(=O)N1CCC(c2cc(F)ccc2OCCN2CCCC2)CC1)N1CCCC1. The lowest BCUT2D eigenvalue weighted by atomic mass is 9.88. The van der Waals surface area contributed by atoms with Crippen molar-refractivity contribution in [1.29, 1.82) is 0 Å². The van der Waals surface area contributed by atoms with Gasteiger partial charge < -0.3 is 19.9 Å². The van der Waals surface area contributed by atoms with Gasteiger partial charge >= 0.3 is 6.03 Å². The van der Waals surface area contributed by atoms with Gasteiger partial charge in [0.1, 0.15) is 24.2 Å². The van der Waals surface area contributed by atoms with Crippen LogP contribution in [0.3, 0.4) is 0 Å². The minimum absolute atomic E-state index is 0. The number of halogens is 4. The number of likely N-dealkylation sites (tertiary alicyclic amines) is 3. The molecule has 0 saturated carbocycles. The molecule has 3 amide bonds. The summed E-state index contributed by atoms with van der Waals surface area (Å²) in [4.78, 5) is 32.7. The van der Waals surface area contributed by atoms with Crippen molar-refractivity contribution in [3.05, 3.63) is 63.4 Å². The molecule has 230 valence electrons. The van der Waals surface area contributed by atoms with E-state index in [2.05, 4.69) is 10.2 Å². The largest absolute Gasteiger partial charge is 0.492 e. The van der Waals surface area contributed by atoms with Crippen LogP contribution in [0.2, 0.25) is 10.0 Å². The lowest BCUT2D eigenvalue weighted by Gasteiger charge is -2.35. The molecule has 0 bridgehead atoms. The zero-order chi connectivity index (χ0) is 28.8. The molecule has 0 aliphatic carbocycles. The van der Waals surface area contributed by atoms with Gasteiger partial charge in [-0.15, -0.1) is 12.4 Å². The first-order chi connectivity index (χ1) is 19.9. The number of urea groups is 1. The third-order valence-corrected chi connectivity index (χ3v) is 9.10. The number of benzene rings is 2. The number of piperidine rings is 1. The highest BCUT2D eigenvalue weighted by Crippen LogP contribution is 2.35. The number of rotatable bonds is 9. The Morgan fingerprint density at radius 3 is 2.31 bits per heavy atom. The Balaban J connectivity index is 0.00000405. The van der Waals surface area contributed by atoms with Crippen LogP contribution in [0.1, 0.15) is 55.6 Å². The van der Waals surface area contributed by atoms with Crippen LogP contribution in [-0.2, 0) is 11.2 Å². The summed E-state index contributed by atoms with van der Waals surface area (Å²) in [6.07, 6.45) is 6.04. The molecular weight excluding hydrogens is 602 g/mol. The number of nitrogens with one attached hydrogen (secondary N) is 1. The molecule has 0 unspecified atom stereocenters. The first-order valence-electron chi connectivity index (χ1n) is 14.8. The molecule has 11 heteroatoms. The first kappa shape index (κ1) is 32.6. The van der Waals surface area contributed by atoms with Crippen LogP contribution in [0.25, 0.3) is 0 Å². The molecular formula is C31H40Cl3FN4O3. The van der Waals surface area contributed by atoms with E-state index in [-0.39, 0.29) is 42.5 Å². The van der Waals surface area contributed by atoms with E-state index in [4.69, 9.17) is 27.9 Å². The zero-order valence-electron chi connectivity index (χ0n) is 23.8. The van der Waals surface area contributed by atoms with E-state index in [0.29, 0.717) is 55.7 Å². The molecule has 3 saturated heterocycles. The summed E-state index contributed by atoms with van der Waals surface area (Å²) < 4.78 is 20.4. The molecule has 5 rings (SSSR count). The summed E-state index contributed by atoms with van der Waals surface area (Å²) in [5.74, 6) is 0.390. The van der Waals surface area contributed by atoms with Crippen LogP contribution in [0.5, 0.6) is 5.75 Å². The Morgan fingerprint density at radius 1 is 0.929 bits per heavy atom. The van der Waals surface area contributed by atoms with Gasteiger partial charge in [0, 0.05) is 54.8 Å². The maximum Gasteiger partial charge on any atom is 0.318 e. The van der Waals surface area contributed by atoms with E-state index in [1.807, 2.05) is 4.90 Å². The topological polar surface area (TPSA) is 65.1 Å². The number of hydrogen-bond acceptors (Lipinski definition) is 4. The van der Waals surface area contributed by atoms with E-state index in [1.54, 1.807) is 35.2 Å². The van der Waals surface area contributed by atoms with Gasteiger partial charge in [-0.3, -0.25) is 9.69 Å². The number of amides is 3. The Morgan fingerprint density at radius 2 is 1.62 bits per heavy atom. The number of carbonyl (C=O) groups excluding carboxylic acids is 2. The molecule has 7 nitrogen and oxygen atoms in total. The van der Waals surface area contributed by atoms with E-state index >= 15 is 0 Å². The van der Waals surface area contributed by atoms with Crippen molar-refractivity contribution in [2.24, 2.45) is 0 Å². The lowest BCUT2D eigenvalue weighted by molar-refractivity contribution is -0.134. The van der Waals surface area contributed by atoms with Gasteiger partial charge in [-0.1, -0.05) is 29.3 Å². The minimum atomic E-state index is -0.753. The highest BCUT2D eigenvalue weighted by molar-refractivity contribution is 6.35. The summed E-state index contributed by atoms with van der Waals surface area (Å²) >= 11 is 12.5. The van der Waals surface area contributed by atoms with E-state index in [9.17, 15) is 14.0 Å². The number of ether oxygens (including phenoxy) is 1. The second kappa shape index (κ2) is 15.5. The normalized spacial score (nSPS) is 18.5. The van der Waals surface area contributed by atoms with Crippen molar-refractivity contribution in [3.8, 4) is 5.75 Å². The number of hydrogen-bond donors (Lipinski definition) is 1.